The van der Waals surface area contributed by atoms with Crippen LogP contribution in [0.1, 0.15) is 13.8 Å². The van der Waals surface area contributed by atoms with Gasteiger partial charge in [-0.2, -0.15) is 13.2 Å². The van der Waals surface area contributed by atoms with Gasteiger partial charge in [0, 0.05) is 13.1 Å². The van der Waals surface area contributed by atoms with Gasteiger partial charge in [0.25, 0.3) is 5.91 Å². The molecule has 22 heavy (non-hydrogen) atoms. The summed E-state index contributed by atoms with van der Waals surface area (Å²) in [6.07, 6.45) is -4.42. The van der Waals surface area contributed by atoms with E-state index >= 15 is 0 Å². The van der Waals surface area contributed by atoms with Crippen molar-refractivity contribution in [1.82, 2.24) is 10.2 Å². The summed E-state index contributed by atoms with van der Waals surface area (Å²) in [6, 6.07) is -1.11. The van der Waals surface area contributed by atoms with Crippen molar-refractivity contribution in [3.63, 3.8) is 0 Å². The number of morpholine rings is 1. The summed E-state index contributed by atoms with van der Waals surface area (Å²) < 4.78 is 46.6. The number of hydrogen-bond acceptors (Lipinski definition) is 5. The number of carbonyl (C=O) groups is 2. The lowest BCUT2D eigenvalue weighted by Crippen LogP contribution is -2.47. The number of hydrogen-bond donors (Lipinski definition) is 1. The zero-order valence-electron chi connectivity index (χ0n) is 12.6. The normalized spacial score (nSPS) is 17.5. The molecule has 1 aliphatic rings. The third-order valence-corrected chi connectivity index (χ3v) is 3.14. The van der Waals surface area contributed by atoms with Gasteiger partial charge < -0.3 is 14.4 Å². The molecule has 1 heterocycles. The minimum Gasteiger partial charge on any atom is -0.454 e. The molecule has 0 aromatic heterocycles. The molecule has 1 saturated heterocycles. The third kappa shape index (κ3) is 6.61. The van der Waals surface area contributed by atoms with E-state index in [-0.39, 0.29) is 5.91 Å². The molecule has 1 rings (SSSR count). The number of halogens is 3. The van der Waals surface area contributed by atoms with Crippen LogP contribution in [0.25, 0.3) is 0 Å². The van der Waals surface area contributed by atoms with Crippen molar-refractivity contribution < 1.29 is 32.2 Å². The molecule has 1 fully saturated rings. The van der Waals surface area contributed by atoms with Crippen LogP contribution >= 0.6 is 0 Å². The molecule has 0 aromatic rings. The smallest absolute Gasteiger partial charge is 0.401 e. The van der Waals surface area contributed by atoms with E-state index in [1.54, 1.807) is 13.8 Å². The predicted molar refractivity (Wildman–Crippen MR) is 71.0 cm³/mol. The first-order chi connectivity index (χ1) is 10.2. The highest BCUT2D eigenvalue weighted by atomic mass is 19.4. The Labute approximate surface area is 126 Å². The Bertz CT molecular complexity index is 382. The summed E-state index contributed by atoms with van der Waals surface area (Å²) >= 11 is 0. The van der Waals surface area contributed by atoms with E-state index in [0.717, 1.165) is 0 Å². The van der Waals surface area contributed by atoms with Gasteiger partial charge in [-0.15, -0.1) is 0 Å². The highest BCUT2D eigenvalue weighted by Crippen LogP contribution is 2.14. The molecule has 0 aromatic carbocycles. The molecule has 0 spiro atoms. The lowest BCUT2D eigenvalue weighted by Gasteiger charge is -2.27. The Morgan fingerprint density at radius 2 is 1.86 bits per heavy atom. The summed E-state index contributed by atoms with van der Waals surface area (Å²) in [6.45, 7) is 3.09. The van der Waals surface area contributed by atoms with Gasteiger partial charge in [0.2, 0.25) is 0 Å². The molecule has 0 saturated carbocycles. The molecule has 0 aliphatic carbocycles. The zero-order chi connectivity index (χ0) is 16.8. The molecule has 1 aliphatic heterocycles. The van der Waals surface area contributed by atoms with Crippen LogP contribution in [-0.4, -0.2) is 68.4 Å². The van der Waals surface area contributed by atoms with E-state index in [1.807, 2.05) is 0 Å². The Morgan fingerprint density at radius 1 is 1.27 bits per heavy atom. The van der Waals surface area contributed by atoms with E-state index < -0.39 is 37.3 Å². The maximum Gasteiger partial charge on any atom is 0.401 e. The van der Waals surface area contributed by atoms with E-state index in [1.165, 1.54) is 4.90 Å². The minimum atomic E-state index is -4.42. The van der Waals surface area contributed by atoms with E-state index in [4.69, 9.17) is 9.47 Å². The molecule has 1 amide bonds. The molecule has 6 nitrogen and oxygen atoms in total. The number of carbonyl (C=O) groups excluding carboxylic acids is 2. The molecule has 128 valence electrons. The Kier molecular flexibility index (Phi) is 7.08. The van der Waals surface area contributed by atoms with Crippen LogP contribution in [0.5, 0.6) is 0 Å². The monoisotopic (exact) mass is 326 g/mol. The van der Waals surface area contributed by atoms with Gasteiger partial charge in [-0.3, -0.25) is 14.9 Å². The van der Waals surface area contributed by atoms with E-state index in [9.17, 15) is 22.8 Å². The van der Waals surface area contributed by atoms with Gasteiger partial charge in [0.1, 0.15) is 6.04 Å². The minimum absolute atomic E-state index is 0.380. The maximum absolute atomic E-state index is 12.2. The van der Waals surface area contributed by atoms with Crippen LogP contribution in [0.4, 0.5) is 13.2 Å². The number of rotatable bonds is 6. The van der Waals surface area contributed by atoms with Crippen LogP contribution in [0.2, 0.25) is 0 Å². The molecular formula is C13H21F3N2O4. The van der Waals surface area contributed by atoms with Crippen molar-refractivity contribution in [3.8, 4) is 0 Å². The van der Waals surface area contributed by atoms with Gasteiger partial charge in [0.15, 0.2) is 6.61 Å². The number of ether oxygens (including phenoxy) is 2. The Hall–Kier alpha value is -1.35. The van der Waals surface area contributed by atoms with Crippen molar-refractivity contribution in [1.29, 1.82) is 0 Å². The molecule has 9 heteroatoms. The fourth-order valence-electron chi connectivity index (χ4n) is 1.94. The Morgan fingerprint density at radius 3 is 2.36 bits per heavy atom. The SMILES string of the molecule is CC(C)[C@H](NCC(F)(F)F)C(=O)OCC(=O)N1CCOCC1. The van der Waals surface area contributed by atoms with Crippen molar-refractivity contribution >= 4 is 11.9 Å². The zero-order valence-corrected chi connectivity index (χ0v) is 12.6. The highest BCUT2D eigenvalue weighted by molar-refractivity contribution is 5.82. The fraction of sp³-hybridized carbons (Fsp3) is 0.846. The number of amides is 1. The number of nitrogens with zero attached hydrogens (tertiary/aromatic N) is 1. The second-order valence-electron chi connectivity index (χ2n) is 5.32. The summed E-state index contributed by atoms with van der Waals surface area (Å²) in [5, 5.41) is 2.12. The van der Waals surface area contributed by atoms with Gasteiger partial charge in [-0.05, 0) is 5.92 Å². The topological polar surface area (TPSA) is 67.9 Å². The first-order valence-corrected chi connectivity index (χ1v) is 7.03. The molecule has 1 atom stereocenters. The molecule has 0 unspecified atom stereocenters. The largest absolute Gasteiger partial charge is 0.454 e. The number of alkyl halides is 3. The summed E-state index contributed by atoms with van der Waals surface area (Å²) in [5.41, 5.74) is 0. The third-order valence-electron chi connectivity index (χ3n) is 3.14. The lowest BCUT2D eigenvalue weighted by atomic mass is 10.0. The lowest BCUT2D eigenvalue weighted by molar-refractivity contribution is -0.158. The summed E-state index contributed by atoms with van der Waals surface area (Å²) in [4.78, 5) is 25.1. The van der Waals surface area contributed by atoms with Gasteiger partial charge >= 0.3 is 12.1 Å². The fourth-order valence-corrected chi connectivity index (χ4v) is 1.94. The first kappa shape index (κ1) is 18.7. The highest BCUT2D eigenvalue weighted by Gasteiger charge is 2.32. The number of esters is 1. The molecule has 0 radical (unpaired) electrons. The van der Waals surface area contributed by atoms with Crippen molar-refractivity contribution in [3.05, 3.63) is 0 Å². The van der Waals surface area contributed by atoms with Crippen LogP contribution in [0.15, 0.2) is 0 Å². The summed E-state index contributed by atoms with van der Waals surface area (Å²) in [5.74, 6) is -1.64. The van der Waals surface area contributed by atoms with Crippen molar-refractivity contribution in [2.24, 2.45) is 5.92 Å². The number of nitrogens with one attached hydrogen (secondary N) is 1. The van der Waals surface area contributed by atoms with Gasteiger partial charge in [-0.25, -0.2) is 0 Å². The van der Waals surface area contributed by atoms with Crippen LogP contribution in [-0.2, 0) is 19.1 Å². The van der Waals surface area contributed by atoms with Crippen molar-refractivity contribution in [2.45, 2.75) is 26.1 Å². The average Bonchev–Trinajstić information content (AvgIpc) is 2.44. The van der Waals surface area contributed by atoms with Gasteiger partial charge in [0.05, 0.1) is 19.8 Å². The molecule has 1 N–H and O–H groups in total. The van der Waals surface area contributed by atoms with Crippen LogP contribution in [0, 0.1) is 5.92 Å². The van der Waals surface area contributed by atoms with Crippen molar-refractivity contribution in [2.75, 3.05) is 39.5 Å². The average molecular weight is 326 g/mol. The quantitative estimate of drug-likeness (QED) is 0.723. The summed E-state index contributed by atoms with van der Waals surface area (Å²) in [7, 11) is 0. The Balaban J connectivity index is 2.44. The molecular weight excluding hydrogens is 305 g/mol. The van der Waals surface area contributed by atoms with E-state index in [0.29, 0.717) is 26.3 Å². The predicted octanol–water partition coefficient (Wildman–Crippen LogP) is 0.565. The first-order valence-electron chi connectivity index (χ1n) is 7.03. The van der Waals surface area contributed by atoms with Crippen LogP contribution in [0.3, 0.4) is 0 Å². The van der Waals surface area contributed by atoms with Crippen LogP contribution < -0.4 is 5.32 Å². The standard InChI is InChI=1S/C13H21F3N2O4/c1-9(2)11(17-8-13(14,15)16)12(20)22-7-10(19)18-3-5-21-6-4-18/h9,11,17H,3-8H2,1-2H3/t11-/m0/s1. The second-order valence-corrected chi connectivity index (χ2v) is 5.32. The van der Waals surface area contributed by atoms with E-state index in [2.05, 4.69) is 5.32 Å². The van der Waals surface area contributed by atoms with Gasteiger partial charge in [-0.1, -0.05) is 13.8 Å². The second kappa shape index (κ2) is 8.33. The maximum atomic E-state index is 12.2. The molecule has 0 bridgehead atoms.